The lowest BCUT2D eigenvalue weighted by molar-refractivity contribution is -0.384. The fraction of sp³-hybridized carbons (Fsp3) is 0. The molecule has 0 bridgehead atoms. The zero-order valence-electron chi connectivity index (χ0n) is 11.9. The maximum absolute atomic E-state index is 12.4. The number of amides is 2. The minimum Gasteiger partial charge on any atom is -0.365 e. The van der Waals surface area contributed by atoms with Crippen LogP contribution in [0.25, 0.3) is 10.3 Å². The van der Waals surface area contributed by atoms with Crippen LogP contribution >= 0.6 is 11.3 Å². The number of primary amides is 1. The SMILES string of the molecule is NC(=O)c1sc2nccnc2c1NC(=O)c1cccc([N+](=O)[O-])c1. The minimum atomic E-state index is -0.728. The Balaban J connectivity index is 2.02. The minimum absolute atomic E-state index is 0.0721. The molecule has 0 fully saturated rings. The highest BCUT2D eigenvalue weighted by Gasteiger charge is 2.21. The van der Waals surface area contributed by atoms with Gasteiger partial charge in [0.15, 0.2) is 0 Å². The highest BCUT2D eigenvalue weighted by atomic mass is 32.1. The van der Waals surface area contributed by atoms with Crippen molar-refractivity contribution in [2.24, 2.45) is 5.73 Å². The Morgan fingerprint density at radius 3 is 2.71 bits per heavy atom. The van der Waals surface area contributed by atoms with E-state index in [2.05, 4.69) is 15.3 Å². The van der Waals surface area contributed by atoms with Crippen molar-refractivity contribution in [3.05, 3.63) is 57.2 Å². The molecule has 3 rings (SSSR count). The topological polar surface area (TPSA) is 141 Å². The highest BCUT2D eigenvalue weighted by Crippen LogP contribution is 2.33. The Morgan fingerprint density at radius 2 is 2.00 bits per heavy atom. The molecule has 0 saturated heterocycles. The molecule has 0 atom stereocenters. The monoisotopic (exact) mass is 343 g/mol. The van der Waals surface area contributed by atoms with Crippen molar-refractivity contribution in [1.29, 1.82) is 0 Å². The van der Waals surface area contributed by atoms with Gasteiger partial charge < -0.3 is 11.1 Å². The molecule has 0 spiro atoms. The van der Waals surface area contributed by atoms with Crippen LogP contribution in [0, 0.1) is 10.1 Å². The third kappa shape index (κ3) is 2.77. The molecule has 0 aliphatic carbocycles. The smallest absolute Gasteiger partial charge is 0.270 e. The number of hydrogen-bond acceptors (Lipinski definition) is 7. The van der Waals surface area contributed by atoms with E-state index >= 15 is 0 Å². The van der Waals surface area contributed by atoms with Crippen molar-refractivity contribution in [2.45, 2.75) is 0 Å². The zero-order valence-corrected chi connectivity index (χ0v) is 12.7. The van der Waals surface area contributed by atoms with Gasteiger partial charge in [-0.25, -0.2) is 9.97 Å². The lowest BCUT2D eigenvalue weighted by Gasteiger charge is -2.05. The van der Waals surface area contributed by atoms with Crippen molar-refractivity contribution >= 4 is 44.9 Å². The molecule has 24 heavy (non-hydrogen) atoms. The lowest BCUT2D eigenvalue weighted by Crippen LogP contribution is -2.16. The molecule has 2 aromatic heterocycles. The average Bonchev–Trinajstić information content (AvgIpc) is 2.94. The van der Waals surface area contributed by atoms with Crippen LogP contribution in [0.3, 0.4) is 0 Å². The van der Waals surface area contributed by atoms with Gasteiger partial charge in [0.05, 0.1) is 10.6 Å². The van der Waals surface area contributed by atoms with E-state index in [1.807, 2.05) is 0 Å². The molecule has 0 radical (unpaired) electrons. The number of nitrogens with one attached hydrogen (secondary N) is 1. The van der Waals surface area contributed by atoms with E-state index in [0.29, 0.717) is 10.3 Å². The summed E-state index contributed by atoms with van der Waals surface area (Å²) in [6, 6.07) is 5.23. The molecule has 120 valence electrons. The van der Waals surface area contributed by atoms with Gasteiger partial charge in [-0.1, -0.05) is 6.07 Å². The number of anilines is 1. The van der Waals surface area contributed by atoms with E-state index in [1.165, 1.54) is 30.6 Å². The molecular weight excluding hydrogens is 334 g/mol. The summed E-state index contributed by atoms with van der Waals surface area (Å²) in [5.74, 6) is -1.35. The Kier molecular flexibility index (Phi) is 3.88. The van der Waals surface area contributed by atoms with E-state index < -0.39 is 16.7 Å². The summed E-state index contributed by atoms with van der Waals surface area (Å²) in [6.07, 6.45) is 2.87. The quantitative estimate of drug-likeness (QED) is 0.548. The van der Waals surface area contributed by atoms with Gasteiger partial charge >= 0.3 is 0 Å². The number of rotatable bonds is 4. The van der Waals surface area contributed by atoms with Crippen molar-refractivity contribution in [3.63, 3.8) is 0 Å². The summed E-state index contributed by atoms with van der Waals surface area (Å²) >= 11 is 1.01. The molecule has 1 aromatic carbocycles. The molecule has 2 heterocycles. The first kappa shape index (κ1) is 15.5. The predicted molar refractivity (Wildman–Crippen MR) is 87.0 cm³/mol. The van der Waals surface area contributed by atoms with Gasteiger partial charge in [0.2, 0.25) is 0 Å². The van der Waals surface area contributed by atoms with Gasteiger partial charge in [0.1, 0.15) is 15.2 Å². The summed E-state index contributed by atoms with van der Waals surface area (Å²) in [6.45, 7) is 0. The summed E-state index contributed by atoms with van der Waals surface area (Å²) in [7, 11) is 0. The first-order valence-corrected chi connectivity index (χ1v) is 7.38. The van der Waals surface area contributed by atoms with Gasteiger partial charge in [-0.2, -0.15) is 0 Å². The Labute approximate surface area is 138 Å². The number of carbonyl (C=O) groups is 2. The van der Waals surface area contributed by atoms with Crippen molar-refractivity contribution < 1.29 is 14.5 Å². The average molecular weight is 343 g/mol. The van der Waals surface area contributed by atoms with Crippen LogP contribution in [0.5, 0.6) is 0 Å². The second-order valence-electron chi connectivity index (χ2n) is 4.64. The number of fused-ring (bicyclic) bond motifs is 1. The maximum atomic E-state index is 12.4. The molecule has 0 aliphatic heterocycles. The second-order valence-corrected chi connectivity index (χ2v) is 5.64. The van der Waals surface area contributed by atoms with Crippen LogP contribution in [-0.2, 0) is 0 Å². The number of non-ortho nitro benzene ring substituents is 1. The standard InChI is InChI=1S/C14H9N5O4S/c15-12(20)11-9(10-14(24-11)17-5-4-16-10)18-13(21)7-2-1-3-8(6-7)19(22)23/h1-6H,(H2,15,20)(H,18,21). The lowest BCUT2D eigenvalue weighted by atomic mass is 10.2. The van der Waals surface area contributed by atoms with Gasteiger partial charge in [-0.05, 0) is 6.07 Å². The largest absolute Gasteiger partial charge is 0.365 e. The van der Waals surface area contributed by atoms with Gasteiger partial charge in [0, 0.05) is 30.1 Å². The van der Waals surface area contributed by atoms with E-state index in [1.54, 1.807) is 0 Å². The van der Waals surface area contributed by atoms with Crippen LogP contribution in [-0.4, -0.2) is 26.7 Å². The fourth-order valence-electron chi connectivity index (χ4n) is 2.06. The Morgan fingerprint density at radius 1 is 1.25 bits per heavy atom. The van der Waals surface area contributed by atoms with E-state index in [9.17, 15) is 19.7 Å². The summed E-state index contributed by atoms with van der Waals surface area (Å²) in [5, 5.41) is 13.3. The summed E-state index contributed by atoms with van der Waals surface area (Å²) < 4.78 is 0. The summed E-state index contributed by atoms with van der Waals surface area (Å²) in [4.78, 5) is 42.9. The van der Waals surface area contributed by atoms with Gasteiger partial charge in [-0.3, -0.25) is 19.7 Å². The number of nitrogens with two attached hydrogens (primary N) is 1. The number of benzene rings is 1. The van der Waals surface area contributed by atoms with Crippen LogP contribution in [0.15, 0.2) is 36.7 Å². The maximum Gasteiger partial charge on any atom is 0.270 e. The molecule has 0 unspecified atom stereocenters. The number of carbonyl (C=O) groups excluding carboxylic acids is 2. The molecule has 0 aliphatic rings. The molecule has 9 nitrogen and oxygen atoms in total. The van der Waals surface area contributed by atoms with Crippen molar-refractivity contribution in [2.75, 3.05) is 5.32 Å². The number of nitro groups is 1. The zero-order chi connectivity index (χ0) is 17.3. The first-order chi connectivity index (χ1) is 11.5. The Hall–Kier alpha value is -3.40. The molecule has 0 saturated carbocycles. The van der Waals surface area contributed by atoms with Crippen molar-refractivity contribution in [1.82, 2.24) is 9.97 Å². The van der Waals surface area contributed by atoms with Crippen LogP contribution in [0.1, 0.15) is 20.0 Å². The third-order valence-electron chi connectivity index (χ3n) is 3.11. The van der Waals surface area contributed by atoms with Gasteiger partial charge in [0.25, 0.3) is 17.5 Å². The Bertz CT molecular complexity index is 984. The van der Waals surface area contributed by atoms with E-state index in [0.717, 1.165) is 17.4 Å². The number of thiophene rings is 1. The number of nitrogens with zero attached hydrogens (tertiary/aromatic N) is 3. The normalized spacial score (nSPS) is 10.5. The molecule has 3 aromatic rings. The summed E-state index contributed by atoms with van der Waals surface area (Å²) in [5.41, 5.74) is 5.66. The number of aromatic nitrogens is 2. The molecular formula is C14H9N5O4S. The third-order valence-corrected chi connectivity index (χ3v) is 4.21. The molecule has 10 heteroatoms. The van der Waals surface area contributed by atoms with E-state index in [4.69, 9.17) is 5.73 Å². The fourth-order valence-corrected chi connectivity index (χ4v) is 2.97. The first-order valence-electron chi connectivity index (χ1n) is 6.56. The van der Waals surface area contributed by atoms with Crippen LogP contribution in [0.4, 0.5) is 11.4 Å². The van der Waals surface area contributed by atoms with Crippen molar-refractivity contribution in [3.8, 4) is 0 Å². The number of hydrogen-bond donors (Lipinski definition) is 2. The molecule has 3 N–H and O–H groups in total. The highest BCUT2D eigenvalue weighted by molar-refractivity contribution is 7.21. The van der Waals surface area contributed by atoms with Gasteiger partial charge in [-0.15, -0.1) is 11.3 Å². The van der Waals surface area contributed by atoms with Crippen LogP contribution in [0.2, 0.25) is 0 Å². The number of nitro benzene ring substituents is 1. The van der Waals surface area contributed by atoms with E-state index in [-0.39, 0.29) is 21.8 Å². The van der Waals surface area contributed by atoms with Crippen LogP contribution < -0.4 is 11.1 Å². The molecule has 2 amide bonds. The second kappa shape index (κ2) is 6.01. The predicted octanol–water partition coefficient (Wildman–Crippen LogP) is 1.95.